The van der Waals surface area contributed by atoms with Crippen LogP contribution < -0.4 is 15.2 Å². The molecule has 0 saturated carbocycles. The maximum atomic E-state index is 6.38. The Labute approximate surface area is 154 Å². The summed E-state index contributed by atoms with van der Waals surface area (Å²) in [6, 6.07) is 5.22. The van der Waals surface area contributed by atoms with Crippen molar-refractivity contribution >= 4 is 29.0 Å². The van der Waals surface area contributed by atoms with Gasteiger partial charge in [-0.2, -0.15) is 5.10 Å². The van der Waals surface area contributed by atoms with Crippen LogP contribution in [0.15, 0.2) is 36.8 Å². The molecule has 0 aliphatic heterocycles. The number of nitrogens with two attached hydrogens (primary N) is 1. The standard InChI is InChI=1S/C17H16Cl2N4O2/c1-9(15-12(18)3-4-13(24-2)16(15)19)25-14-5-10(6-21-17(14)20)11-7-22-23-8-11/h3-9H,1-2H3,(H2,20,21)(H,22,23). The molecule has 0 aliphatic rings. The van der Waals surface area contributed by atoms with Gasteiger partial charge in [0.1, 0.15) is 11.9 Å². The lowest BCUT2D eigenvalue weighted by Crippen LogP contribution is -2.08. The van der Waals surface area contributed by atoms with E-state index in [-0.39, 0.29) is 5.82 Å². The molecule has 1 atom stereocenters. The fourth-order valence-corrected chi connectivity index (χ4v) is 3.20. The summed E-state index contributed by atoms with van der Waals surface area (Å²) in [6.07, 6.45) is 4.65. The van der Waals surface area contributed by atoms with Gasteiger partial charge in [-0.25, -0.2) is 4.98 Å². The van der Waals surface area contributed by atoms with Crippen molar-refractivity contribution < 1.29 is 9.47 Å². The minimum atomic E-state index is -0.459. The fraction of sp³-hybridized carbons (Fsp3) is 0.176. The van der Waals surface area contributed by atoms with Gasteiger partial charge in [-0.1, -0.05) is 23.2 Å². The highest BCUT2D eigenvalue weighted by Crippen LogP contribution is 2.39. The van der Waals surface area contributed by atoms with Crippen molar-refractivity contribution in [2.45, 2.75) is 13.0 Å². The van der Waals surface area contributed by atoms with Crippen LogP contribution in [0.3, 0.4) is 0 Å². The average Bonchev–Trinajstić information content (AvgIpc) is 3.11. The second-order valence-corrected chi connectivity index (χ2v) is 6.12. The summed E-state index contributed by atoms with van der Waals surface area (Å²) < 4.78 is 11.2. The monoisotopic (exact) mass is 378 g/mol. The number of nitrogens with zero attached hydrogens (tertiary/aromatic N) is 2. The number of aromatic amines is 1. The number of pyridine rings is 1. The summed E-state index contributed by atoms with van der Waals surface area (Å²) in [6.45, 7) is 1.83. The van der Waals surface area contributed by atoms with E-state index in [0.29, 0.717) is 27.1 Å². The SMILES string of the molecule is COc1ccc(Cl)c(C(C)Oc2cc(-c3cn[nH]c3)cnc2N)c1Cl. The van der Waals surface area contributed by atoms with Gasteiger partial charge in [0.2, 0.25) is 0 Å². The Bertz CT molecular complexity index is 885. The average molecular weight is 379 g/mol. The molecule has 0 bridgehead atoms. The van der Waals surface area contributed by atoms with Gasteiger partial charge in [-0.05, 0) is 25.1 Å². The van der Waals surface area contributed by atoms with Gasteiger partial charge in [0.05, 0.1) is 18.3 Å². The van der Waals surface area contributed by atoms with E-state index < -0.39 is 6.10 Å². The topological polar surface area (TPSA) is 86.0 Å². The zero-order chi connectivity index (χ0) is 18.0. The number of anilines is 1. The summed E-state index contributed by atoms with van der Waals surface area (Å²) >= 11 is 12.7. The smallest absolute Gasteiger partial charge is 0.166 e. The Balaban J connectivity index is 1.94. The van der Waals surface area contributed by atoms with E-state index in [0.717, 1.165) is 11.1 Å². The highest BCUT2D eigenvalue weighted by molar-refractivity contribution is 6.37. The van der Waals surface area contributed by atoms with Crippen LogP contribution in [0.4, 0.5) is 5.82 Å². The van der Waals surface area contributed by atoms with E-state index in [1.165, 1.54) is 0 Å². The van der Waals surface area contributed by atoms with Gasteiger partial charge >= 0.3 is 0 Å². The summed E-state index contributed by atoms with van der Waals surface area (Å²) in [7, 11) is 1.54. The van der Waals surface area contributed by atoms with Gasteiger partial charge < -0.3 is 15.2 Å². The number of hydrogen-bond donors (Lipinski definition) is 2. The Morgan fingerprint density at radius 1 is 1.16 bits per heavy atom. The normalized spacial score (nSPS) is 12.0. The Morgan fingerprint density at radius 2 is 1.96 bits per heavy atom. The van der Waals surface area contributed by atoms with Gasteiger partial charge in [-0.3, -0.25) is 5.10 Å². The molecular formula is C17H16Cl2N4O2. The first-order chi connectivity index (χ1) is 12.0. The van der Waals surface area contributed by atoms with Crippen molar-refractivity contribution in [3.8, 4) is 22.6 Å². The molecule has 0 aliphatic carbocycles. The number of H-pyrrole nitrogens is 1. The predicted octanol–water partition coefficient (Wildman–Crippen LogP) is 4.51. The Hall–Kier alpha value is -2.44. The third-order valence-corrected chi connectivity index (χ3v) is 4.45. The van der Waals surface area contributed by atoms with Crippen molar-refractivity contribution in [2.24, 2.45) is 0 Å². The lowest BCUT2D eigenvalue weighted by Gasteiger charge is -2.20. The molecule has 3 aromatic rings. The van der Waals surface area contributed by atoms with Gasteiger partial charge in [0, 0.05) is 34.1 Å². The van der Waals surface area contributed by atoms with Crippen molar-refractivity contribution in [3.63, 3.8) is 0 Å². The summed E-state index contributed by atoms with van der Waals surface area (Å²) in [5.41, 5.74) is 8.28. The van der Waals surface area contributed by atoms with E-state index in [2.05, 4.69) is 15.2 Å². The third-order valence-electron chi connectivity index (χ3n) is 3.73. The predicted molar refractivity (Wildman–Crippen MR) is 98.3 cm³/mol. The molecule has 1 unspecified atom stereocenters. The van der Waals surface area contributed by atoms with Crippen LogP contribution in [0.2, 0.25) is 10.0 Å². The Morgan fingerprint density at radius 3 is 2.64 bits per heavy atom. The van der Waals surface area contributed by atoms with Crippen molar-refractivity contribution in [1.82, 2.24) is 15.2 Å². The number of rotatable bonds is 5. The maximum Gasteiger partial charge on any atom is 0.166 e. The number of nitrogens with one attached hydrogen (secondary N) is 1. The zero-order valence-corrected chi connectivity index (χ0v) is 15.1. The number of ether oxygens (including phenoxy) is 2. The van der Waals surface area contributed by atoms with E-state index in [1.807, 2.05) is 6.92 Å². The van der Waals surface area contributed by atoms with E-state index in [9.17, 15) is 0 Å². The van der Waals surface area contributed by atoms with Gasteiger partial charge in [-0.15, -0.1) is 0 Å². The number of halogens is 2. The summed E-state index contributed by atoms with van der Waals surface area (Å²) in [5, 5.41) is 7.57. The number of methoxy groups -OCH3 is 1. The van der Waals surface area contributed by atoms with Crippen LogP contribution in [-0.4, -0.2) is 22.3 Å². The molecule has 2 aromatic heterocycles. The molecule has 3 N–H and O–H groups in total. The molecule has 130 valence electrons. The fourth-order valence-electron chi connectivity index (χ4n) is 2.45. The number of hydrogen-bond acceptors (Lipinski definition) is 5. The van der Waals surface area contributed by atoms with Crippen molar-refractivity contribution in [3.05, 3.63) is 52.4 Å². The molecule has 3 rings (SSSR count). The summed E-state index contributed by atoms with van der Waals surface area (Å²) in [5.74, 6) is 1.23. The van der Waals surface area contributed by atoms with E-state index in [4.69, 9.17) is 38.4 Å². The highest BCUT2D eigenvalue weighted by Gasteiger charge is 2.20. The van der Waals surface area contributed by atoms with Gasteiger partial charge in [0.25, 0.3) is 0 Å². The lowest BCUT2D eigenvalue weighted by atomic mass is 10.1. The molecule has 25 heavy (non-hydrogen) atoms. The lowest BCUT2D eigenvalue weighted by molar-refractivity contribution is 0.227. The highest BCUT2D eigenvalue weighted by atomic mass is 35.5. The molecule has 0 saturated heterocycles. The van der Waals surface area contributed by atoms with Crippen LogP contribution in [0.5, 0.6) is 11.5 Å². The molecule has 0 spiro atoms. The van der Waals surface area contributed by atoms with Crippen molar-refractivity contribution in [2.75, 3.05) is 12.8 Å². The first-order valence-corrected chi connectivity index (χ1v) is 8.20. The molecular weight excluding hydrogens is 363 g/mol. The summed E-state index contributed by atoms with van der Waals surface area (Å²) in [4.78, 5) is 4.18. The molecule has 0 amide bonds. The quantitative estimate of drug-likeness (QED) is 0.681. The number of aromatic nitrogens is 3. The molecule has 0 fully saturated rings. The number of nitrogen functional groups attached to an aromatic ring is 1. The second kappa shape index (κ2) is 7.21. The third kappa shape index (κ3) is 3.50. The van der Waals surface area contributed by atoms with E-state index >= 15 is 0 Å². The first-order valence-electron chi connectivity index (χ1n) is 7.44. The van der Waals surface area contributed by atoms with Crippen LogP contribution >= 0.6 is 23.2 Å². The molecule has 6 nitrogen and oxygen atoms in total. The number of benzene rings is 1. The first kappa shape index (κ1) is 17.4. The molecule has 8 heteroatoms. The van der Waals surface area contributed by atoms with E-state index in [1.54, 1.807) is 43.9 Å². The molecule has 1 aromatic carbocycles. The van der Waals surface area contributed by atoms with Crippen molar-refractivity contribution in [1.29, 1.82) is 0 Å². The largest absolute Gasteiger partial charge is 0.495 e. The Kier molecular flexibility index (Phi) is 5.01. The minimum absolute atomic E-state index is 0.272. The second-order valence-electron chi connectivity index (χ2n) is 5.33. The van der Waals surface area contributed by atoms with Crippen LogP contribution in [0, 0.1) is 0 Å². The van der Waals surface area contributed by atoms with Crippen LogP contribution in [0.1, 0.15) is 18.6 Å². The maximum absolute atomic E-state index is 6.38. The minimum Gasteiger partial charge on any atom is -0.495 e. The zero-order valence-electron chi connectivity index (χ0n) is 13.6. The van der Waals surface area contributed by atoms with Crippen LogP contribution in [0.25, 0.3) is 11.1 Å². The van der Waals surface area contributed by atoms with Crippen LogP contribution in [-0.2, 0) is 0 Å². The molecule has 2 heterocycles. The molecule has 0 radical (unpaired) electrons. The van der Waals surface area contributed by atoms with Gasteiger partial charge in [0.15, 0.2) is 11.6 Å².